The Kier molecular flexibility index (Phi) is 4.53. The number of alkyl halides is 3. The molecule has 26 heavy (non-hydrogen) atoms. The van der Waals surface area contributed by atoms with Crippen LogP contribution >= 0.6 is 0 Å². The summed E-state index contributed by atoms with van der Waals surface area (Å²) in [6.45, 7) is 1.83. The van der Waals surface area contributed by atoms with E-state index in [-0.39, 0.29) is 12.1 Å². The van der Waals surface area contributed by atoms with Crippen molar-refractivity contribution in [3.8, 4) is 0 Å². The van der Waals surface area contributed by atoms with Gasteiger partial charge in [0.05, 0.1) is 23.2 Å². The van der Waals surface area contributed by atoms with Gasteiger partial charge in [0.2, 0.25) is 10.0 Å². The van der Waals surface area contributed by atoms with Crippen LogP contribution in [0, 0.1) is 5.92 Å². The highest BCUT2D eigenvalue weighted by Gasteiger charge is 2.44. The van der Waals surface area contributed by atoms with Crippen LogP contribution in [0.3, 0.4) is 0 Å². The van der Waals surface area contributed by atoms with Crippen molar-refractivity contribution in [3.05, 3.63) is 29.8 Å². The van der Waals surface area contributed by atoms with Crippen LogP contribution in [-0.2, 0) is 20.9 Å². The molecule has 9 heteroatoms. The summed E-state index contributed by atoms with van der Waals surface area (Å²) in [6.07, 6.45) is -1.62. The fourth-order valence-electron chi connectivity index (χ4n) is 3.96. The number of rotatable bonds is 4. The number of halogens is 3. The number of nitrogens with zero attached hydrogens (tertiary/aromatic N) is 1. The molecule has 144 valence electrons. The van der Waals surface area contributed by atoms with Crippen molar-refractivity contribution in [1.29, 1.82) is 0 Å². The first kappa shape index (κ1) is 18.2. The summed E-state index contributed by atoms with van der Waals surface area (Å²) in [5.41, 5.74) is -1.14. The molecule has 4 rings (SSSR count). The number of morpholine rings is 1. The van der Waals surface area contributed by atoms with Crippen molar-refractivity contribution in [2.45, 2.75) is 48.5 Å². The van der Waals surface area contributed by atoms with E-state index in [0.29, 0.717) is 25.5 Å². The Morgan fingerprint density at radius 3 is 2.58 bits per heavy atom. The molecule has 1 aliphatic carbocycles. The lowest BCUT2D eigenvalue weighted by molar-refractivity contribution is -0.139. The van der Waals surface area contributed by atoms with Crippen molar-refractivity contribution in [2.75, 3.05) is 19.7 Å². The van der Waals surface area contributed by atoms with Gasteiger partial charge >= 0.3 is 6.18 Å². The molecule has 5 nitrogen and oxygen atoms in total. The van der Waals surface area contributed by atoms with Crippen LogP contribution in [0.25, 0.3) is 0 Å². The Labute approximate surface area is 150 Å². The number of sulfonamides is 1. The van der Waals surface area contributed by atoms with Gasteiger partial charge in [0.1, 0.15) is 0 Å². The molecule has 2 aliphatic heterocycles. The van der Waals surface area contributed by atoms with Crippen LogP contribution in [0.4, 0.5) is 13.2 Å². The van der Waals surface area contributed by atoms with E-state index in [0.717, 1.165) is 18.7 Å². The standard InChI is InChI=1S/C17H21F3N2O3S/c18-17(19,20)14-3-1-2-4-16(14)26(23,24)21-12-7-13-10-25-15(11-5-6-11)9-22(13)8-12/h1-4,11-13,15,21H,5-10H2/t12-,13-,15+/m0/s1. The van der Waals surface area contributed by atoms with E-state index in [4.69, 9.17) is 4.74 Å². The zero-order valence-corrected chi connectivity index (χ0v) is 14.9. The molecule has 2 saturated heterocycles. The van der Waals surface area contributed by atoms with E-state index in [1.807, 2.05) is 0 Å². The van der Waals surface area contributed by atoms with Gasteiger partial charge in [0, 0.05) is 25.2 Å². The monoisotopic (exact) mass is 390 g/mol. The predicted molar refractivity (Wildman–Crippen MR) is 88.0 cm³/mol. The van der Waals surface area contributed by atoms with Crippen LogP contribution in [0.1, 0.15) is 24.8 Å². The summed E-state index contributed by atoms with van der Waals surface area (Å²) >= 11 is 0. The highest BCUT2D eigenvalue weighted by atomic mass is 32.2. The van der Waals surface area contributed by atoms with Crippen LogP contribution in [0.5, 0.6) is 0 Å². The number of nitrogens with one attached hydrogen (secondary N) is 1. The Hall–Kier alpha value is -1.16. The number of ether oxygens (including phenoxy) is 1. The normalized spacial score (nSPS) is 30.3. The van der Waals surface area contributed by atoms with Crippen molar-refractivity contribution >= 4 is 10.0 Å². The number of fused-ring (bicyclic) bond motifs is 1. The van der Waals surface area contributed by atoms with Crippen LogP contribution in [0.2, 0.25) is 0 Å². The quantitative estimate of drug-likeness (QED) is 0.857. The zero-order valence-electron chi connectivity index (χ0n) is 14.1. The summed E-state index contributed by atoms with van der Waals surface area (Å²) in [5, 5.41) is 0. The van der Waals surface area contributed by atoms with E-state index in [9.17, 15) is 21.6 Å². The molecule has 0 bridgehead atoms. The van der Waals surface area contributed by atoms with Gasteiger partial charge in [-0.2, -0.15) is 13.2 Å². The van der Waals surface area contributed by atoms with Gasteiger partial charge in [-0.25, -0.2) is 13.1 Å². The summed E-state index contributed by atoms with van der Waals surface area (Å²) < 4.78 is 72.9. The molecular formula is C17H21F3N2O3S. The maximum absolute atomic E-state index is 13.1. The van der Waals surface area contributed by atoms with Crippen LogP contribution in [-0.4, -0.2) is 51.2 Å². The summed E-state index contributed by atoms with van der Waals surface area (Å²) in [7, 11) is -4.26. The average Bonchev–Trinajstić information content (AvgIpc) is 3.34. The molecule has 1 saturated carbocycles. The predicted octanol–water partition coefficient (Wildman–Crippen LogP) is 2.24. The van der Waals surface area contributed by atoms with Crippen molar-refractivity contribution < 1.29 is 26.3 Å². The minimum absolute atomic E-state index is 0.121. The second-order valence-electron chi connectivity index (χ2n) is 7.36. The van der Waals surface area contributed by atoms with E-state index >= 15 is 0 Å². The van der Waals surface area contributed by atoms with Crippen molar-refractivity contribution in [1.82, 2.24) is 9.62 Å². The minimum atomic E-state index is -4.72. The highest BCUT2D eigenvalue weighted by molar-refractivity contribution is 7.89. The Balaban J connectivity index is 1.48. The molecule has 0 unspecified atom stereocenters. The molecule has 0 radical (unpaired) electrons. The first-order valence-corrected chi connectivity index (χ1v) is 10.3. The Morgan fingerprint density at radius 2 is 1.88 bits per heavy atom. The first-order valence-electron chi connectivity index (χ1n) is 8.78. The van der Waals surface area contributed by atoms with Crippen LogP contribution < -0.4 is 4.72 Å². The van der Waals surface area contributed by atoms with Gasteiger partial charge < -0.3 is 4.74 Å². The van der Waals surface area contributed by atoms with Crippen molar-refractivity contribution in [2.24, 2.45) is 5.92 Å². The molecule has 3 atom stereocenters. The number of benzene rings is 1. The average molecular weight is 390 g/mol. The summed E-state index contributed by atoms with van der Waals surface area (Å²) in [4.78, 5) is 1.49. The maximum atomic E-state index is 13.1. The van der Waals surface area contributed by atoms with Gasteiger partial charge in [0.25, 0.3) is 0 Å². The number of hydrogen-bond acceptors (Lipinski definition) is 4. The SMILES string of the molecule is O=S(=O)(N[C@H]1C[C@H]2CO[C@@H](C3CC3)CN2C1)c1ccccc1C(F)(F)F. The largest absolute Gasteiger partial charge is 0.417 e. The van der Waals surface area contributed by atoms with Gasteiger partial charge in [-0.15, -0.1) is 0 Å². The van der Waals surface area contributed by atoms with E-state index in [1.54, 1.807) is 0 Å². The maximum Gasteiger partial charge on any atom is 0.417 e. The minimum Gasteiger partial charge on any atom is -0.375 e. The fraction of sp³-hybridized carbons (Fsp3) is 0.647. The van der Waals surface area contributed by atoms with Gasteiger partial charge in [-0.3, -0.25) is 4.90 Å². The molecule has 1 aromatic carbocycles. The Morgan fingerprint density at radius 1 is 1.15 bits per heavy atom. The molecule has 3 aliphatic rings. The topological polar surface area (TPSA) is 58.6 Å². The summed E-state index contributed by atoms with van der Waals surface area (Å²) in [5.74, 6) is 0.602. The molecule has 0 spiro atoms. The zero-order chi connectivity index (χ0) is 18.5. The lowest BCUT2D eigenvalue weighted by atomic mass is 10.1. The van der Waals surface area contributed by atoms with E-state index in [2.05, 4.69) is 9.62 Å². The van der Waals surface area contributed by atoms with Gasteiger partial charge in [-0.1, -0.05) is 12.1 Å². The van der Waals surface area contributed by atoms with Crippen molar-refractivity contribution in [3.63, 3.8) is 0 Å². The van der Waals surface area contributed by atoms with E-state index in [1.165, 1.54) is 25.0 Å². The smallest absolute Gasteiger partial charge is 0.375 e. The summed E-state index contributed by atoms with van der Waals surface area (Å²) in [6, 6.07) is 3.99. The second kappa shape index (κ2) is 6.47. The molecule has 0 amide bonds. The van der Waals surface area contributed by atoms with E-state index < -0.39 is 32.7 Å². The number of hydrogen-bond donors (Lipinski definition) is 1. The first-order chi connectivity index (χ1) is 12.2. The molecular weight excluding hydrogens is 369 g/mol. The van der Waals surface area contributed by atoms with Gasteiger partial charge in [-0.05, 0) is 37.3 Å². The molecule has 0 aromatic heterocycles. The third kappa shape index (κ3) is 3.62. The second-order valence-corrected chi connectivity index (χ2v) is 9.05. The molecule has 2 heterocycles. The lowest BCUT2D eigenvalue weighted by Gasteiger charge is -2.35. The molecule has 3 fully saturated rings. The van der Waals surface area contributed by atoms with Gasteiger partial charge in [0.15, 0.2) is 0 Å². The third-order valence-electron chi connectivity index (χ3n) is 5.40. The Bertz CT molecular complexity index is 780. The molecule has 1 aromatic rings. The third-order valence-corrected chi connectivity index (χ3v) is 6.98. The lowest BCUT2D eigenvalue weighted by Crippen LogP contribution is -2.47. The fourth-order valence-corrected chi connectivity index (χ4v) is 5.42. The van der Waals surface area contributed by atoms with Crippen LogP contribution in [0.15, 0.2) is 29.2 Å². The molecule has 1 N–H and O–H groups in total. The highest BCUT2D eigenvalue weighted by Crippen LogP contribution is 2.38.